The molecule has 0 saturated carbocycles. The third kappa shape index (κ3) is 4.97. The molecule has 8 heteroatoms. The number of piperazine rings is 1. The molecule has 0 unspecified atom stereocenters. The van der Waals surface area contributed by atoms with E-state index in [0.717, 1.165) is 87.5 Å². The highest BCUT2D eigenvalue weighted by Crippen LogP contribution is 2.33. The molecule has 176 valence electrons. The third-order valence-corrected chi connectivity index (χ3v) is 7.52. The maximum atomic E-state index is 13.0. The largest absolute Gasteiger partial charge is 0.368 e. The van der Waals surface area contributed by atoms with Gasteiger partial charge >= 0.3 is 0 Å². The molecule has 2 aliphatic rings. The summed E-state index contributed by atoms with van der Waals surface area (Å²) < 4.78 is 2.17. The van der Waals surface area contributed by atoms with Gasteiger partial charge in [0.1, 0.15) is 5.69 Å². The summed E-state index contributed by atoms with van der Waals surface area (Å²) in [6.45, 7) is 7.52. The molecule has 0 spiro atoms. The van der Waals surface area contributed by atoms with Gasteiger partial charge in [0.25, 0.3) is 5.91 Å². The second-order valence-electron chi connectivity index (χ2n) is 8.64. The van der Waals surface area contributed by atoms with Gasteiger partial charge in [-0.15, -0.1) is 12.4 Å². The van der Waals surface area contributed by atoms with Crippen LogP contribution in [0.5, 0.6) is 0 Å². The topological polar surface area (TPSA) is 31.7 Å². The molecule has 0 radical (unpaired) electrons. The van der Waals surface area contributed by atoms with Crippen LogP contribution in [0.3, 0.4) is 0 Å². The zero-order valence-corrected chi connectivity index (χ0v) is 20.9. The standard InChI is InChI=1S/C25H28Cl2N4O.ClH/c26-20-7-5-9-22(24(20)27)29-14-12-28(13-15-29)10-3-4-11-30-16-17-31-21-8-2-1-6-19(21)18-23(31)25(30)32;/h1-2,5-9,18H,3-4,10-17H2;1H. The van der Waals surface area contributed by atoms with Crippen LogP contribution in [0.4, 0.5) is 5.69 Å². The predicted octanol–water partition coefficient (Wildman–Crippen LogP) is 5.43. The normalized spacial score (nSPS) is 16.7. The quantitative estimate of drug-likeness (QED) is 0.417. The Morgan fingerprint density at radius 2 is 1.58 bits per heavy atom. The van der Waals surface area contributed by atoms with E-state index in [1.807, 2.05) is 41.3 Å². The van der Waals surface area contributed by atoms with Crippen LogP contribution in [-0.4, -0.2) is 66.1 Å². The summed E-state index contributed by atoms with van der Waals surface area (Å²) >= 11 is 12.6. The van der Waals surface area contributed by atoms with E-state index in [-0.39, 0.29) is 18.3 Å². The lowest BCUT2D eigenvalue weighted by Crippen LogP contribution is -2.47. The van der Waals surface area contributed by atoms with E-state index in [1.165, 1.54) is 0 Å². The first-order valence-corrected chi connectivity index (χ1v) is 12.2. The Kier molecular flexibility index (Phi) is 7.75. The molecule has 1 saturated heterocycles. The Labute approximate surface area is 211 Å². The molecule has 1 aromatic heterocycles. The van der Waals surface area contributed by atoms with E-state index in [0.29, 0.717) is 10.0 Å². The molecule has 0 atom stereocenters. The average Bonchev–Trinajstić information content (AvgIpc) is 3.20. The van der Waals surface area contributed by atoms with Crippen molar-refractivity contribution in [2.75, 3.05) is 50.7 Å². The van der Waals surface area contributed by atoms with E-state index in [4.69, 9.17) is 23.2 Å². The predicted molar refractivity (Wildman–Crippen MR) is 139 cm³/mol. The molecule has 2 aromatic carbocycles. The Balaban J connectivity index is 0.00000259. The van der Waals surface area contributed by atoms with Crippen molar-refractivity contribution in [1.82, 2.24) is 14.4 Å². The fourth-order valence-electron chi connectivity index (χ4n) is 4.91. The van der Waals surface area contributed by atoms with Crippen LogP contribution >= 0.6 is 35.6 Å². The second-order valence-corrected chi connectivity index (χ2v) is 9.43. The van der Waals surface area contributed by atoms with Gasteiger partial charge in [0, 0.05) is 56.7 Å². The summed E-state index contributed by atoms with van der Waals surface area (Å²) in [5.41, 5.74) is 3.02. The minimum atomic E-state index is 0. The summed E-state index contributed by atoms with van der Waals surface area (Å²) in [5, 5.41) is 2.41. The summed E-state index contributed by atoms with van der Waals surface area (Å²) in [5.74, 6) is 0.166. The molecular formula is C25H29Cl3N4O. The van der Waals surface area contributed by atoms with Crippen molar-refractivity contribution in [2.24, 2.45) is 0 Å². The maximum Gasteiger partial charge on any atom is 0.270 e. The Bertz CT molecular complexity index is 1120. The minimum absolute atomic E-state index is 0. The number of hydrogen-bond donors (Lipinski definition) is 0. The lowest BCUT2D eigenvalue weighted by molar-refractivity contribution is 0.0702. The fraction of sp³-hybridized carbons (Fsp3) is 0.400. The van der Waals surface area contributed by atoms with E-state index in [2.05, 4.69) is 26.5 Å². The number of benzene rings is 2. The Morgan fingerprint density at radius 3 is 2.39 bits per heavy atom. The van der Waals surface area contributed by atoms with Gasteiger partial charge in [0.15, 0.2) is 0 Å². The number of aromatic nitrogens is 1. The Morgan fingerprint density at radius 1 is 0.818 bits per heavy atom. The van der Waals surface area contributed by atoms with Crippen molar-refractivity contribution in [3.8, 4) is 0 Å². The van der Waals surface area contributed by atoms with E-state index < -0.39 is 0 Å². The number of carbonyl (C=O) groups excluding carboxylic acids is 1. The minimum Gasteiger partial charge on any atom is -0.368 e. The van der Waals surface area contributed by atoms with Crippen LogP contribution < -0.4 is 4.90 Å². The van der Waals surface area contributed by atoms with Crippen LogP contribution in [0.2, 0.25) is 10.0 Å². The van der Waals surface area contributed by atoms with E-state index >= 15 is 0 Å². The van der Waals surface area contributed by atoms with Gasteiger partial charge in [-0.25, -0.2) is 0 Å². The Hall–Kier alpha value is -1.92. The number of halogens is 3. The average molecular weight is 508 g/mol. The number of unbranched alkanes of at least 4 members (excludes halogenated alkanes) is 1. The van der Waals surface area contributed by atoms with Gasteiger partial charge < -0.3 is 14.4 Å². The smallest absolute Gasteiger partial charge is 0.270 e. The number of carbonyl (C=O) groups is 1. The van der Waals surface area contributed by atoms with Crippen molar-refractivity contribution >= 4 is 58.1 Å². The van der Waals surface area contributed by atoms with Crippen molar-refractivity contribution < 1.29 is 4.79 Å². The number of fused-ring (bicyclic) bond motifs is 3. The van der Waals surface area contributed by atoms with Gasteiger partial charge in [0.05, 0.1) is 15.7 Å². The van der Waals surface area contributed by atoms with Crippen molar-refractivity contribution in [3.63, 3.8) is 0 Å². The summed E-state index contributed by atoms with van der Waals surface area (Å²) in [4.78, 5) is 19.8. The SMILES string of the molecule is Cl.O=C1c2cc3ccccc3n2CCN1CCCCN1CCN(c2cccc(Cl)c2Cl)CC1. The monoisotopic (exact) mass is 506 g/mol. The van der Waals surface area contributed by atoms with Crippen LogP contribution in [0.25, 0.3) is 10.9 Å². The summed E-state index contributed by atoms with van der Waals surface area (Å²) in [6, 6.07) is 16.1. The van der Waals surface area contributed by atoms with Crippen molar-refractivity contribution in [3.05, 3.63) is 64.3 Å². The number of para-hydroxylation sites is 1. The number of anilines is 1. The maximum absolute atomic E-state index is 13.0. The van der Waals surface area contributed by atoms with Crippen LogP contribution in [0.1, 0.15) is 23.3 Å². The first-order chi connectivity index (χ1) is 15.6. The molecule has 0 aliphatic carbocycles. The molecule has 5 nitrogen and oxygen atoms in total. The number of hydrogen-bond acceptors (Lipinski definition) is 3. The molecule has 5 rings (SSSR count). The number of nitrogens with zero attached hydrogens (tertiary/aromatic N) is 4. The van der Waals surface area contributed by atoms with Gasteiger partial charge in [0.2, 0.25) is 0 Å². The van der Waals surface area contributed by atoms with E-state index in [9.17, 15) is 4.79 Å². The number of amides is 1. The molecule has 0 bridgehead atoms. The van der Waals surface area contributed by atoms with Crippen molar-refractivity contribution in [1.29, 1.82) is 0 Å². The zero-order valence-electron chi connectivity index (χ0n) is 18.6. The fourth-order valence-corrected chi connectivity index (χ4v) is 5.33. The second kappa shape index (κ2) is 10.6. The van der Waals surface area contributed by atoms with Crippen LogP contribution in [-0.2, 0) is 6.54 Å². The summed E-state index contributed by atoms with van der Waals surface area (Å²) in [6.07, 6.45) is 2.14. The molecule has 1 fully saturated rings. The van der Waals surface area contributed by atoms with Gasteiger partial charge in [-0.3, -0.25) is 9.69 Å². The molecule has 2 aliphatic heterocycles. The molecular weight excluding hydrogens is 479 g/mol. The van der Waals surface area contributed by atoms with Gasteiger partial charge in [-0.05, 0) is 43.7 Å². The number of rotatable bonds is 6. The highest BCUT2D eigenvalue weighted by atomic mass is 35.5. The zero-order chi connectivity index (χ0) is 22.1. The highest BCUT2D eigenvalue weighted by molar-refractivity contribution is 6.43. The summed E-state index contributed by atoms with van der Waals surface area (Å²) in [7, 11) is 0. The lowest BCUT2D eigenvalue weighted by atomic mass is 10.2. The molecule has 3 aromatic rings. The third-order valence-electron chi connectivity index (χ3n) is 6.71. The molecule has 0 N–H and O–H groups in total. The van der Waals surface area contributed by atoms with Gasteiger partial charge in [-0.2, -0.15) is 0 Å². The van der Waals surface area contributed by atoms with Gasteiger partial charge in [-0.1, -0.05) is 47.5 Å². The first kappa shape index (κ1) is 24.2. The molecule has 33 heavy (non-hydrogen) atoms. The first-order valence-electron chi connectivity index (χ1n) is 11.4. The highest BCUT2D eigenvalue weighted by Gasteiger charge is 2.26. The van der Waals surface area contributed by atoms with Crippen LogP contribution in [0.15, 0.2) is 48.5 Å². The molecule has 3 heterocycles. The van der Waals surface area contributed by atoms with Crippen molar-refractivity contribution in [2.45, 2.75) is 19.4 Å². The molecule has 1 amide bonds. The lowest BCUT2D eigenvalue weighted by Gasteiger charge is -2.36. The van der Waals surface area contributed by atoms with E-state index in [1.54, 1.807) is 0 Å². The van der Waals surface area contributed by atoms with Crippen LogP contribution in [0, 0.1) is 0 Å².